The summed E-state index contributed by atoms with van der Waals surface area (Å²) >= 11 is 6.74. The van der Waals surface area contributed by atoms with Crippen molar-refractivity contribution in [3.63, 3.8) is 0 Å². The van der Waals surface area contributed by atoms with Crippen LogP contribution < -0.4 is 5.32 Å². The lowest BCUT2D eigenvalue weighted by atomic mass is 10.6. The fourth-order valence-electron chi connectivity index (χ4n) is 0.521. The Morgan fingerprint density at radius 2 is 2.60 bits per heavy atom. The van der Waals surface area contributed by atoms with Crippen LogP contribution in [0.1, 0.15) is 0 Å². The maximum absolute atomic E-state index is 10.6. The van der Waals surface area contributed by atoms with Crippen LogP contribution in [-0.4, -0.2) is 11.8 Å². The molecule has 1 N–H and O–H groups in total. The van der Waals surface area contributed by atoms with Gasteiger partial charge in [-0.1, -0.05) is 0 Å². The van der Waals surface area contributed by atoms with Gasteiger partial charge in [-0.2, -0.15) is 0 Å². The Kier molecular flexibility index (Phi) is 2.71. The lowest BCUT2D eigenvalue weighted by molar-refractivity contribution is -0.113. The van der Waals surface area contributed by atoms with Crippen molar-refractivity contribution in [3.8, 4) is 0 Å². The minimum atomic E-state index is -0.163. The monoisotopic (exact) mass is 175 g/mol. The molecule has 2 nitrogen and oxygen atoms in total. The van der Waals surface area contributed by atoms with E-state index in [1.165, 1.54) is 11.3 Å². The second kappa shape index (κ2) is 3.58. The molecule has 0 aromatic carbocycles. The summed E-state index contributed by atoms with van der Waals surface area (Å²) in [6.07, 6.45) is 0. The number of rotatable bonds is 2. The zero-order valence-corrected chi connectivity index (χ0v) is 6.71. The van der Waals surface area contributed by atoms with Gasteiger partial charge >= 0.3 is 0 Å². The Hall–Kier alpha value is -0.540. The molecule has 54 valence electrons. The number of anilines is 1. The number of thiophene rings is 1. The van der Waals surface area contributed by atoms with E-state index in [4.69, 9.17) is 11.6 Å². The zero-order chi connectivity index (χ0) is 7.40. The molecule has 1 aromatic rings. The van der Waals surface area contributed by atoms with Gasteiger partial charge in [0.15, 0.2) is 0 Å². The van der Waals surface area contributed by atoms with Gasteiger partial charge in [0, 0.05) is 0 Å². The third kappa shape index (κ3) is 2.01. The van der Waals surface area contributed by atoms with E-state index in [2.05, 4.69) is 5.32 Å². The van der Waals surface area contributed by atoms with Gasteiger partial charge in [-0.3, -0.25) is 4.79 Å². The Balaban J connectivity index is 2.48. The normalized spacial score (nSPS) is 9.30. The van der Waals surface area contributed by atoms with Crippen molar-refractivity contribution in [3.05, 3.63) is 17.5 Å². The Morgan fingerprint density at radius 1 is 1.80 bits per heavy atom. The fourth-order valence-corrected chi connectivity index (χ4v) is 1.22. The molecule has 0 aliphatic rings. The van der Waals surface area contributed by atoms with E-state index in [9.17, 15) is 4.79 Å². The highest BCUT2D eigenvalue weighted by atomic mass is 35.5. The summed E-state index contributed by atoms with van der Waals surface area (Å²) < 4.78 is 0. The molecule has 1 heterocycles. The van der Waals surface area contributed by atoms with E-state index in [1.54, 1.807) is 0 Å². The number of halogens is 1. The highest BCUT2D eigenvalue weighted by molar-refractivity contribution is 7.14. The summed E-state index contributed by atoms with van der Waals surface area (Å²) in [6, 6.07) is 3.70. The first-order valence-corrected chi connectivity index (χ1v) is 4.13. The van der Waals surface area contributed by atoms with Crippen LogP contribution in [0.2, 0.25) is 0 Å². The number of amides is 1. The van der Waals surface area contributed by atoms with Gasteiger partial charge in [0.1, 0.15) is 5.88 Å². The van der Waals surface area contributed by atoms with Crippen molar-refractivity contribution in [1.29, 1.82) is 0 Å². The van der Waals surface area contributed by atoms with Crippen molar-refractivity contribution in [1.82, 2.24) is 0 Å². The highest BCUT2D eigenvalue weighted by Gasteiger charge is 1.98. The third-order valence-electron chi connectivity index (χ3n) is 0.905. The fraction of sp³-hybridized carbons (Fsp3) is 0.167. The lowest BCUT2D eigenvalue weighted by Crippen LogP contribution is -2.11. The molecule has 0 saturated carbocycles. The topological polar surface area (TPSA) is 29.1 Å². The third-order valence-corrected chi connectivity index (χ3v) is 1.93. The molecule has 0 aliphatic heterocycles. The van der Waals surface area contributed by atoms with Gasteiger partial charge in [0.25, 0.3) is 0 Å². The van der Waals surface area contributed by atoms with Crippen molar-refractivity contribution >= 4 is 33.8 Å². The van der Waals surface area contributed by atoms with Crippen LogP contribution in [0.4, 0.5) is 5.00 Å². The largest absolute Gasteiger partial charge is 0.317 e. The van der Waals surface area contributed by atoms with Gasteiger partial charge in [-0.15, -0.1) is 22.9 Å². The minimum Gasteiger partial charge on any atom is -0.317 e. The smallest absolute Gasteiger partial charge is 0.239 e. The first-order valence-electron chi connectivity index (χ1n) is 2.72. The number of carbonyl (C=O) groups excluding carboxylic acids is 1. The van der Waals surface area contributed by atoms with Crippen molar-refractivity contribution < 1.29 is 4.79 Å². The molecule has 0 fully saturated rings. The average molecular weight is 176 g/mol. The van der Waals surface area contributed by atoms with Crippen molar-refractivity contribution in [2.45, 2.75) is 0 Å². The van der Waals surface area contributed by atoms with Crippen LogP contribution in [0.25, 0.3) is 0 Å². The summed E-state index contributed by atoms with van der Waals surface area (Å²) in [5.41, 5.74) is 0. The number of hydrogen-bond donors (Lipinski definition) is 1. The molecule has 1 amide bonds. The van der Waals surface area contributed by atoms with Gasteiger partial charge in [0.05, 0.1) is 5.00 Å². The molecule has 0 atom stereocenters. The number of hydrogen-bond acceptors (Lipinski definition) is 2. The van der Waals surface area contributed by atoms with Crippen LogP contribution in [0.3, 0.4) is 0 Å². The van der Waals surface area contributed by atoms with E-state index >= 15 is 0 Å². The van der Waals surface area contributed by atoms with Crippen LogP contribution in [0.15, 0.2) is 17.5 Å². The molecule has 1 aromatic heterocycles. The van der Waals surface area contributed by atoms with Crippen molar-refractivity contribution in [2.75, 3.05) is 11.2 Å². The van der Waals surface area contributed by atoms with Gasteiger partial charge < -0.3 is 5.32 Å². The van der Waals surface area contributed by atoms with E-state index in [0.717, 1.165) is 5.00 Å². The SMILES string of the molecule is O=C(CCl)Nc1cccs1. The molecule has 10 heavy (non-hydrogen) atoms. The molecule has 4 heteroatoms. The first kappa shape index (κ1) is 7.57. The summed E-state index contributed by atoms with van der Waals surface area (Å²) in [6.45, 7) is 0. The van der Waals surface area contributed by atoms with Gasteiger partial charge in [-0.05, 0) is 17.5 Å². The van der Waals surface area contributed by atoms with Gasteiger partial charge in [-0.25, -0.2) is 0 Å². The Morgan fingerprint density at radius 3 is 3.10 bits per heavy atom. The van der Waals surface area contributed by atoms with Crippen LogP contribution in [0.5, 0.6) is 0 Å². The molecule has 0 aliphatic carbocycles. The summed E-state index contributed by atoms with van der Waals surface area (Å²) in [7, 11) is 0. The number of alkyl halides is 1. The van der Waals surface area contributed by atoms with Gasteiger partial charge in [0.2, 0.25) is 5.91 Å². The number of nitrogens with one attached hydrogen (secondary N) is 1. The summed E-state index contributed by atoms with van der Waals surface area (Å²) in [5, 5.41) is 5.35. The van der Waals surface area contributed by atoms with Crippen LogP contribution in [0, 0.1) is 0 Å². The van der Waals surface area contributed by atoms with E-state index in [1.807, 2.05) is 17.5 Å². The van der Waals surface area contributed by atoms with E-state index < -0.39 is 0 Å². The Bertz CT molecular complexity index is 210. The Labute approximate surface area is 67.8 Å². The molecule has 0 unspecified atom stereocenters. The molecule has 0 spiro atoms. The average Bonchev–Trinajstić information content (AvgIpc) is 2.40. The molecule has 0 bridgehead atoms. The molecule has 1 rings (SSSR count). The second-order valence-electron chi connectivity index (χ2n) is 1.66. The lowest BCUT2D eigenvalue weighted by Gasteiger charge is -1.95. The molecule has 0 radical (unpaired) electrons. The molecular formula is C6H6ClNOS. The van der Waals surface area contributed by atoms with Crippen LogP contribution in [-0.2, 0) is 4.79 Å². The summed E-state index contributed by atoms with van der Waals surface area (Å²) in [5.74, 6) is -0.151. The minimum absolute atomic E-state index is 0.0118. The highest BCUT2D eigenvalue weighted by Crippen LogP contribution is 2.14. The summed E-state index contributed by atoms with van der Waals surface area (Å²) in [4.78, 5) is 10.6. The maximum atomic E-state index is 10.6. The standard InChI is InChI=1S/C6H6ClNOS/c7-4-5(9)8-6-2-1-3-10-6/h1-3H,4H2,(H,8,9). The number of carbonyl (C=O) groups is 1. The predicted molar refractivity (Wildman–Crippen MR) is 43.7 cm³/mol. The van der Waals surface area contributed by atoms with Crippen LogP contribution >= 0.6 is 22.9 Å². The zero-order valence-electron chi connectivity index (χ0n) is 5.13. The second-order valence-corrected chi connectivity index (χ2v) is 2.87. The maximum Gasteiger partial charge on any atom is 0.239 e. The quantitative estimate of drug-likeness (QED) is 0.684. The predicted octanol–water partition coefficient (Wildman–Crippen LogP) is 1.93. The molecule has 0 saturated heterocycles. The van der Waals surface area contributed by atoms with Crippen molar-refractivity contribution in [2.24, 2.45) is 0 Å². The van der Waals surface area contributed by atoms with E-state index in [0.29, 0.717) is 0 Å². The molecular weight excluding hydrogens is 170 g/mol. The van der Waals surface area contributed by atoms with E-state index in [-0.39, 0.29) is 11.8 Å². The first-order chi connectivity index (χ1) is 4.83.